The number of urea groups is 1. The van der Waals surface area contributed by atoms with Crippen LogP contribution in [-0.2, 0) is 19.1 Å². The van der Waals surface area contributed by atoms with Gasteiger partial charge in [-0.05, 0) is 31.9 Å². The van der Waals surface area contributed by atoms with Crippen LogP contribution in [0.15, 0.2) is 18.3 Å². The highest BCUT2D eigenvalue weighted by molar-refractivity contribution is 6.30. The van der Waals surface area contributed by atoms with Crippen molar-refractivity contribution in [2.24, 2.45) is 0 Å². The van der Waals surface area contributed by atoms with Crippen LogP contribution in [0.25, 0.3) is 0 Å². The molecule has 1 spiro atoms. The lowest BCUT2D eigenvalue weighted by Gasteiger charge is -2.20. The number of amides is 4. The van der Waals surface area contributed by atoms with E-state index in [9.17, 15) is 19.2 Å². The molecule has 4 amide bonds. The lowest BCUT2D eigenvalue weighted by atomic mass is 9.98. The van der Waals surface area contributed by atoms with Crippen LogP contribution >= 0.6 is 11.6 Å². The first-order valence-electron chi connectivity index (χ1n) is 8.57. The third-order valence-corrected chi connectivity index (χ3v) is 4.87. The molecule has 0 bridgehead atoms. The minimum absolute atomic E-state index is 0.254. The average Bonchev–Trinajstić information content (AvgIpc) is 3.18. The number of carbonyl (C=O) groups excluding carboxylic acids is 4. The molecule has 1 aromatic rings. The van der Waals surface area contributed by atoms with E-state index < -0.39 is 42.0 Å². The Kier molecular flexibility index (Phi) is 5.31. The Morgan fingerprint density at radius 1 is 1.37 bits per heavy atom. The van der Waals surface area contributed by atoms with E-state index in [4.69, 9.17) is 16.3 Å². The summed E-state index contributed by atoms with van der Waals surface area (Å²) >= 11 is 5.72. The number of halogens is 1. The summed E-state index contributed by atoms with van der Waals surface area (Å²) < 4.78 is 5.04. The molecule has 10 heteroatoms. The van der Waals surface area contributed by atoms with Crippen molar-refractivity contribution in [2.45, 2.75) is 44.2 Å². The number of nitrogens with one attached hydrogen (secondary N) is 2. The molecule has 144 valence electrons. The molecule has 1 saturated carbocycles. The van der Waals surface area contributed by atoms with Gasteiger partial charge in [0.2, 0.25) is 0 Å². The highest BCUT2D eigenvalue weighted by atomic mass is 35.5. The standard InChI is InChI=1S/C17H19ClN4O5/c1-10(14(24)20-12-5-4-11(18)8-19-12)27-13(23)9-22-15(25)17(21-16(22)26)6-2-3-7-17/h4-5,8,10H,2-3,6-7,9H2,1H3,(H,21,26)(H,19,20,24). The molecule has 0 aromatic carbocycles. The number of hydrogen-bond acceptors (Lipinski definition) is 6. The molecular weight excluding hydrogens is 376 g/mol. The normalized spacial score (nSPS) is 19.1. The van der Waals surface area contributed by atoms with E-state index in [0.29, 0.717) is 17.9 Å². The predicted octanol–water partition coefficient (Wildman–Crippen LogP) is 1.47. The minimum Gasteiger partial charge on any atom is -0.451 e. The number of imide groups is 1. The number of esters is 1. The summed E-state index contributed by atoms with van der Waals surface area (Å²) in [6.07, 6.45) is 3.06. The quantitative estimate of drug-likeness (QED) is 0.576. The van der Waals surface area contributed by atoms with Gasteiger partial charge >= 0.3 is 12.0 Å². The third kappa shape index (κ3) is 4.02. The van der Waals surface area contributed by atoms with Gasteiger partial charge in [-0.3, -0.25) is 19.3 Å². The van der Waals surface area contributed by atoms with Gasteiger partial charge in [-0.2, -0.15) is 0 Å². The fraction of sp³-hybridized carbons (Fsp3) is 0.471. The zero-order valence-corrected chi connectivity index (χ0v) is 15.4. The van der Waals surface area contributed by atoms with Crippen LogP contribution in [0.5, 0.6) is 0 Å². The maximum Gasteiger partial charge on any atom is 0.327 e. The number of carbonyl (C=O) groups is 4. The average molecular weight is 395 g/mol. The van der Waals surface area contributed by atoms with Gasteiger partial charge in [-0.25, -0.2) is 9.78 Å². The van der Waals surface area contributed by atoms with Gasteiger partial charge in [0.1, 0.15) is 17.9 Å². The topological polar surface area (TPSA) is 118 Å². The molecule has 2 N–H and O–H groups in total. The smallest absolute Gasteiger partial charge is 0.327 e. The van der Waals surface area contributed by atoms with Crippen molar-refractivity contribution in [1.29, 1.82) is 0 Å². The first kappa shape index (κ1) is 19.1. The molecule has 2 aliphatic rings. The van der Waals surface area contributed by atoms with Crippen molar-refractivity contribution in [3.8, 4) is 0 Å². The van der Waals surface area contributed by atoms with Crippen LogP contribution in [0.1, 0.15) is 32.6 Å². The van der Waals surface area contributed by atoms with E-state index in [1.807, 2.05) is 0 Å². The Bertz CT molecular complexity index is 776. The summed E-state index contributed by atoms with van der Waals surface area (Å²) in [7, 11) is 0. The first-order chi connectivity index (χ1) is 12.8. The summed E-state index contributed by atoms with van der Waals surface area (Å²) in [5.74, 6) is -1.60. The molecule has 9 nitrogen and oxygen atoms in total. The Hall–Kier alpha value is -2.68. The van der Waals surface area contributed by atoms with Gasteiger partial charge in [0.05, 0.1) is 5.02 Å². The number of anilines is 1. The van der Waals surface area contributed by atoms with Crippen LogP contribution < -0.4 is 10.6 Å². The van der Waals surface area contributed by atoms with Crippen molar-refractivity contribution in [2.75, 3.05) is 11.9 Å². The number of ether oxygens (including phenoxy) is 1. The maximum absolute atomic E-state index is 12.5. The second-order valence-electron chi connectivity index (χ2n) is 6.59. The molecule has 0 radical (unpaired) electrons. The summed E-state index contributed by atoms with van der Waals surface area (Å²) in [4.78, 5) is 53.5. The number of pyridine rings is 1. The van der Waals surface area contributed by atoms with E-state index in [1.165, 1.54) is 19.2 Å². The van der Waals surface area contributed by atoms with Crippen molar-refractivity contribution >= 4 is 41.2 Å². The molecule has 1 aliphatic carbocycles. The molecule has 2 heterocycles. The van der Waals surface area contributed by atoms with Gasteiger partial charge in [-0.15, -0.1) is 0 Å². The van der Waals surface area contributed by atoms with Gasteiger partial charge in [0, 0.05) is 6.20 Å². The monoisotopic (exact) mass is 394 g/mol. The van der Waals surface area contributed by atoms with Gasteiger partial charge in [0.15, 0.2) is 6.10 Å². The lowest BCUT2D eigenvalue weighted by molar-refractivity contribution is -0.155. The number of nitrogens with zero attached hydrogens (tertiary/aromatic N) is 2. The largest absolute Gasteiger partial charge is 0.451 e. The van der Waals surface area contributed by atoms with E-state index in [-0.39, 0.29) is 5.82 Å². The molecule has 2 fully saturated rings. The van der Waals surface area contributed by atoms with Crippen molar-refractivity contribution < 1.29 is 23.9 Å². The highest BCUT2D eigenvalue weighted by Gasteiger charge is 2.52. The highest BCUT2D eigenvalue weighted by Crippen LogP contribution is 2.34. The van der Waals surface area contributed by atoms with E-state index in [2.05, 4.69) is 15.6 Å². The van der Waals surface area contributed by atoms with Crippen molar-refractivity contribution in [3.63, 3.8) is 0 Å². The second kappa shape index (κ2) is 7.51. The summed E-state index contributed by atoms with van der Waals surface area (Å²) in [6.45, 7) is 0.844. The van der Waals surface area contributed by atoms with Crippen LogP contribution in [-0.4, -0.2) is 51.9 Å². The summed E-state index contributed by atoms with van der Waals surface area (Å²) in [6, 6.07) is 2.45. The van der Waals surface area contributed by atoms with Crippen LogP contribution in [0.3, 0.4) is 0 Å². The Morgan fingerprint density at radius 3 is 2.70 bits per heavy atom. The van der Waals surface area contributed by atoms with E-state index in [1.54, 1.807) is 6.07 Å². The second-order valence-corrected chi connectivity index (χ2v) is 7.03. The molecular formula is C17H19ClN4O5. The van der Waals surface area contributed by atoms with Gasteiger partial charge < -0.3 is 15.4 Å². The van der Waals surface area contributed by atoms with Gasteiger partial charge in [-0.1, -0.05) is 24.4 Å². The van der Waals surface area contributed by atoms with Crippen molar-refractivity contribution in [3.05, 3.63) is 23.4 Å². The van der Waals surface area contributed by atoms with E-state index in [0.717, 1.165) is 17.7 Å². The lowest BCUT2D eigenvalue weighted by Crippen LogP contribution is -2.44. The molecule has 3 rings (SSSR count). The number of rotatable bonds is 5. The zero-order valence-electron chi connectivity index (χ0n) is 14.7. The van der Waals surface area contributed by atoms with Crippen LogP contribution in [0.2, 0.25) is 5.02 Å². The zero-order chi connectivity index (χ0) is 19.6. The fourth-order valence-electron chi connectivity index (χ4n) is 3.23. The van der Waals surface area contributed by atoms with Gasteiger partial charge in [0.25, 0.3) is 11.8 Å². The summed E-state index contributed by atoms with van der Waals surface area (Å²) in [5.41, 5.74) is -0.888. The third-order valence-electron chi connectivity index (χ3n) is 4.65. The number of hydrogen-bond donors (Lipinski definition) is 2. The van der Waals surface area contributed by atoms with Crippen molar-refractivity contribution in [1.82, 2.24) is 15.2 Å². The molecule has 1 aromatic heterocycles. The number of aromatic nitrogens is 1. The molecule has 1 atom stereocenters. The van der Waals surface area contributed by atoms with E-state index >= 15 is 0 Å². The minimum atomic E-state index is -1.13. The molecule has 1 saturated heterocycles. The Balaban J connectivity index is 1.54. The SMILES string of the molecule is CC(OC(=O)CN1C(=O)NC2(CCCC2)C1=O)C(=O)Nc1ccc(Cl)cn1. The summed E-state index contributed by atoms with van der Waals surface area (Å²) in [5, 5.41) is 5.58. The Morgan fingerprint density at radius 2 is 2.07 bits per heavy atom. The predicted molar refractivity (Wildman–Crippen MR) is 94.9 cm³/mol. The Labute approximate surface area is 160 Å². The van der Waals surface area contributed by atoms with Crippen LogP contribution in [0, 0.1) is 0 Å². The first-order valence-corrected chi connectivity index (χ1v) is 8.94. The molecule has 27 heavy (non-hydrogen) atoms. The molecule has 1 aliphatic heterocycles. The maximum atomic E-state index is 12.5. The molecule has 1 unspecified atom stereocenters. The van der Waals surface area contributed by atoms with Crippen LogP contribution in [0.4, 0.5) is 10.6 Å². The fourth-order valence-corrected chi connectivity index (χ4v) is 3.34.